The molecule has 0 aliphatic heterocycles. The van der Waals surface area contributed by atoms with Crippen LogP contribution in [0.5, 0.6) is 0 Å². The summed E-state index contributed by atoms with van der Waals surface area (Å²) in [4.78, 5) is 0. The van der Waals surface area contributed by atoms with E-state index in [2.05, 4.69) is 0 Å². The molecule has 0 aromatic rings. The van der Waals surface area contributed by atoms with Crippen LogP contribution in [0, 0.1) is 0 Å². The fourth-order valence-corrected chi connectivity index (χ4v) is 1.20. The average molecular weight is 406 g/mol. The Hall–Kier alpha value is 0.200. The first-order valence-electron chi connectivity index (χ1n) is 4.24. The molecule has 0 N–H and O–H groups in total. The predicted octanol–water partition coefficient (Wildman–Crippen LogP) is 0.566. The maximum atomic E-state index is 12.6. The predicted molar refractivity (Wildman–Crippen MR) is 39.7 cm³/mol. The average Bonchev–Trinajstić information content (AvgIpc) is 2.25. The van der Waals surface area contributed by atoms with Gasteiger partial charge in [-0.05, 0) is 0 Å². The molecular weight excluding hydrogens is 406 g/mol. The minimum absolute atomic E-state index is 0. The van der Waals surface area contributed by atoms with E-state index >= 15 is 0 Å². The zero-order valence-corrected chi connectivity index (χ0v) is 13.0. The first-order valence-corrected chi connectivity index (χ1v) is 5.32. The molecule has 17 heteroatoms. The van der Waals surface area contributed by atoms with E-state index in [1.807, 2.05) is 0 Å². The van der Waals surface area contributed by atoms with Crippen LogP contribution in [0.1, 0.15) is 0 Å². The van der Waals surface area contributed by atoms with Crippen LogP contribution in [0.3, 0.4) is 0 Å². The molecule has 0 radical (unpaired) electrons. The molecule has 0 spiro atoms. The Balaban J connectivity index is 0. The summed E-state index contributed by atoms with van der Waals surface area (Å²) >= 11 is -5.55. The molecule has 0 rings (SSSR count). The molecule has 23 heavy (non-hydrogen) atoms. The molecule has 0 heterocycles. The molecule has 0 aromatic carbocycles. The molecule has 0 amide bonds. The van der Waals surface area contributed by atoms with Gasteiger partial charge in [0.25, 0.3) is 0 Å². The van der Waals surface area contributed by atoms with Crippen LogP contribution in [0.4, 0.5) is 57.1 Å². The van der Waals surface area contributed by atoms with Gasteiger partial charge in [-0.3, -0.25) is 4.21 Å². The van der Waals surface area contributed by atoms with Crippen molar-refractivity contribution >= 4 is 11.1 Å². The summed E-state index contributed by atoms with van der Waals surface area (Å²) in [7, 11) is 0. The maximum Gasteiger partial charge on any atom is 1.00 e. The summed E-state index contributed by atoms with van der Waals surface area (Å²) in [5.41, 5.74) is 0. The zero-order chi connectivity index (χ0) is 18.6. The van der Waals surface area contributed by atoms with Crippen LogP contribution in [0.15, 0.2) is 0 Å². The van der Waals surface area contributed by atoms with Gasteiger partial charge in [0.15, 0.2) is 0 Å². The van der Waals surface area contributed by atoms with Crippen molar-refractivity contribution in [3.63, 3.8) is 0 Å². The van der Waals surface area contributed by atoms with Crippen LogP contribution in [-0.2, 0) is 11.1 Å². The Bertz CT molecular complexity index is 458. The Labute approximate surface area is 142 Å². The van der Waals surface area contributed by atoms with Gasteiger partial charge in [-0.1, -0.05) is 0 Å². The van der Waals surface area contributed by atoms with E-state index in [1.54, 1.807) is 0 Å². The normalized spacial score (nSPS) is 16.8. The molecule has 0 aliphatic rings. The third-order valence-electron chi connectivity index (χ3n) is 2.11. The van der Waals surface area contributed by atoms with E-state index < -0.39 is 46.2 Å². The van der Waals surface area contributed by atoms with E-state index in [-0.39, 0.29) is 29.6 Å². The van der Waals surface area contributed by atoms with Gasteiger partial charge in [0, 0.05) is 11.1 Å². The Morgan fingerprint density at radius 2 is 0.826 bits per heavy atom. The molecule has 2 nitrogen and oxygen atoms in total. The molecule has 1 atom stereocenters. The molecule has 1 unspecified atom stereocenters. The number of hydrogen-bond donors (Lipinski definition) is 0. The third-order valence-corrected chi connectivity index (χ3v) is 2.79. The van der Waals surface area contributed by atoms with Gasteiger partial charge in [-0.2, -0.15) is 57.1 Å². The van der Waals surface area contributed by atoms with Crippen molar-refractivity contribution in [3.8, 4) is 0 Å². The number of hydrogen-bond acceptors (Lipinski definition) is 2. The second-order valence-electron chi connectivity index (χ2n) is 3.55. The second-order valence-corrected chi connectivity index (χ2v) is 4.53. The molecule has 0 saturated carbocycles. The van der Waals surface area contributed by atoms with Crippen LogP contribution < -0.4 is 29.6 Å². The van der Waals surface area contributed by atoms with E-state index in [0.717, 1.165) is 0 Å². The van der Waals surface area contributed by atoms with E-state index in [1.165, 1.54) is 0 Å². The second kappa shape index (κ2) is 6.49. The van der Waals surface area contributed by atoms with Crippen LogP contribution in [-0.4, -0.2) is 43.9 Å². The fraction of sp³-hybridized carbons (Fsp3) is 1.00. The van der Waals surface area contributed by atoms with E-state index in [9.17, 15) is 65.8 Å². The SMILES string of the molecule is O=S([O-])C(F)(F)C(F)(F)C(F)(F)C(F)(F)C(F)(F)C(F)(F)F.[Na+]. The minimum Gasteiger partial charge on any atom is -0.768 e. The smallest absolute Gasteiger partial charge is 0.768 e. The third kappa shape index (κ3) is 3.46. The number of alkyl halides is 13. The van der Waals surface area contributed by atoms with Gasteiger partial charge in [-0.25, -0.2) is 0 Å². The van der Waals surface area contributed by atoms with Crippen molar-refractivity contribution < 1.29 is 95.4 Å². The van der Waals surface area contributed by atoms with Crippen LogP contribution in [0.2, 0.25) is 0 Å². The standard InChI is InChI=1S/C6HF13O2S.Na/c7-1(8,3(11,12)5(15,16)17)2(9,10)4(13,14)6(18,19)22(20)21;/h(H,20,21);/q;+1/p-1. The zero-order valence-electron chi connectivity index (χ0n) is 10.1. The Morgan fingerprint density at radius 1 is 0.565 bits per heavy atom. The molecule has 0 bridgehead atoms. The molecule has 0 aromatic heterocycles. The summed E-state index contributed by atoms with van der Waals surface area (Å²) in [5.74, 6) is -31.8. The molecule has 134 valence electrons. The molecule has 0 aliphatic carbocycles. The van der Waals surface area contributed by atoms with Crippen molar-refractivity contribution in [2.45, 2.75) is 35.1 Å². The van der Waals surface area contributed by atoms with Crippen molar-refractivity contribution in [2.75, 3.05) is 0 Å². The van der Waals surface area contributed by atoms with Crippen molar-refractivity contribution in [2.24, 2.45) is 0 Å². The molecule has 0 saturated heterocycles. The van der Waals surface area contributed by atoms with Crippen molar-refractivity contribution in [3.05, 3.63) is 0 Å². The van der Waals surface area contributed by atoms with Gasteiger partial charge in [0.2, 0.25) is 0 Å². The summed E-state index contributed by atoms with van der Waals surface area (Å²) in [6.07, 6.45) is -7.53. The van der Waals surface area contributed by atoms with E-state index in [0.29, 0.717) is 0 Å². The largest absolute Gasteiger partial charge is 1.00 e. The first kappa shape index (κ1) is 25.4. The van der Waals surface area contributed by atoms with Gasteiger partial charge in [0.05, 0.1) is 0 Å². The van der Waals surface area contributed by atoms with Gasteiger partial charge in [0.1, 0.15) is 0 Å². The Kier molecular flexibility index (Phi) is 7.18. The van der Waals surface area contributed by atoms with Crippen molar-refractivity contribution in [1.29, 1.82) is 0 Å². The first-order chi connectivity index (χ1) is 9.19. The molecule has 0 fully saturated rings. The maximum absolute atomic E-state index is 12.6. The van der Waals surface area contributed by atoms with Gasteiger partial charge in [-0.15, -0.1) is 0 Å². The fourth-order valence-electron chi connectivity index (χ4n) is 0.860. The van der Waals surface area contributed by atoms with E-state index in [4.69, 9.17) is 0 Å². The quantitative estimate of drug-likeness (QED) is 0.381. The van der Waals surface area contributed by atoms with Crippen LogP contribution >= 0.6 is 0 Å². The summed E-state index contributed by atoms with van der Waals surface area (Å²) in [5, 5.41) is -7.07. The molecular formula is C6F13NaO2S. The summed E-state index contributed by atoms with van der Waals surface area (Å²) < 4.78 is 179. The van der Waals surface area contributed by atoms with Gasteiger partial charge >= 0.3 is 64.7 Å². The number of rotatable bonds is 5. The summed E-state index contributed by atoms with van der Waals surface area (Å²) in [6.45, 7) is 0. The minimum atomic E-state index is -8.09. The number of halogens is 13. The van der Waals surface area contributed by atoms with Crippen molar-refractivity contribution in [1.82, 2.24) is 0 Å². The van der Waals surface area contributed by atoms with Crippen LogP contribution in [0.25, 0.3) is 0 Å². The van der Waals surface area contributed by atoms with Gasteiger partial charge < -0.3 is 4.55 Å². The summed E-state index contributed by atoms with van der Waals surface area (Å²) in [6, 6.07) is 0. The topological polar surface area (TPSA) is 40.1 Å². The monoisotopic (exact) mass is 406 g/mol. The Morgan fingerprint density at radius 3 is 1.04 bits per heavy atom.